The number of hydrogen-bond acceptors (Lipinski definition) is 2. The number of hydrogen-bond donors (Lipinski definition) is 1. The van der Waals surface area contributed by atoms with Crippen LogP contribution in [-0.2, 0) is 6.42 Å². The van der Waals surface area contributed by atoms with Gasteiger partial charge in [0.25, 0.3) is 5.91 Å². The molecule has 0 saturated carbocycles. The molecular formula is C17H16N2OS. The van der Waals surface area contributed by atoms with Crippen LogP contribution >= 0.6 is 12.2 Å². The predicted molar refractivity (Wildman–Crippen MR) is 88.7 cm³/mol. The smallest absolute Gasteiger partial charge is 0.257 e. The lowest BCUT2D eigenvalue weighted by Crippen LogP contribution is -2.41. The molecule has 1 amide bonds. The van der Waals surface area contributed by atoms with Crippen LogP contribution in [0.2, 0.25) is 0 Å². The van der Waals surface area contributed by atoms with Gasteiger partial charge in [0, 0.05) is 17.8 Å². The predicted octanol–water partition coefficient (Wildman–Crippen LogP) is 3.07. The quantitative estimate of drug-likeness (QED) is 0.821. The average Bonchev–Trinajstić information content (AvgIpc) is 2.91. The van der Waals surface area contributed by atoms with Crippen molar-refractivity contribution in [2.45, 2.75) is 13.3 Å². The van der Waals surface area contributed by atoms with Crippen LogP contribution < -0.4 is 10.2 Å². The molecule has 3 nitrogen and oxygen atoms in total. The van der Waals surface area contributed by atoms with Gasteiger partial charge in [-0.15, -0.1) is 0 Å². The van der Waals surface area contributed by atoms with E-state index in [1.807, 2.05) is 48.2 Å². The maximum atomic E-state index is 12.3. The molecule has 2 aromatic rings. The molecule has 0 unspecified atom stereocenters. The van der Waals surface area contributed by atoms with Gasteiger partial charge < -0.3 is 4.90 Å². The summed E-state index contributed by atoms with van der Waals surface area (Å²) in [5.41, 5.74) is 4.04. The third kappa shape index (κ3) is 2.81. The number of para-hydroxylation sites is 1. The second-order valence-electron chi connectivity index (χ2n) is 5.16. The Morgan fingerprint density at radius 2 is 2.00 bits per heavy atom. The highest BCUT2D eigenvalue weighted by Crippen LogP contribution is 2.27. The van der Waals surface area contributed by atoms with Crippen molar-refractivity contribution in [2.75, 3.05) is 11.4 Å². The van der Waals surface area contributed by atoms with E-state index < -0.39 is 0 Å². The lowest BCUT2D eigenvalue weighted by Gasteiger charge is -2.20. The average molecular weight is 296 g/mol. The SMILES string of the molecule is Cc1cccc(C(=O)NC(=S)N2CCc3ccccc32)c1. The molecule has 1 N–H and O–H groups in total. The number of rotatable bonds is 1. The van der Waals surface area contributed by atoms with Crippen LogP contribution in [0.1, 0.15) is 21.5 Å². The summed E-state index contributed by atoms with van der Waals surface area (Å²) in [4.78, 5) is 14.2. The molecule has 1 heterocycles. The minimum absolute atomic E-state index is 0.159. The van der Waals surface area contributed by atoms with E-state index in [0.717, 1.165) is 24.2 Å². The van der Waals surface area contributed by atoms with Crippen LogP contribution in [0.3, 0.4) is 0 Å². The number of thiocarbonyl (C=S) groups is 1. The van der Waals surface area contributed by atoms with Gasteiger partial charge in [-0.1, -0.05) is 35.9 Å². The summed E-state index contributed by atoms with van der Waals surface area (Å²) < 4.78 is 0. The number of aryl methyl sites for hydroxylation is 1. The van der Waals surface area contributed by atoms with Crippen LogP contribution in [0, 0.1) is 6.92 Å². The molecule has 106 valence electrons. The monoisotopic (exact) mass is 296 g/mol. The summed E-state index contributed by atoms with van der Waals surface area (Å²) in [7, 11) is 0. The molecule has 0 atom stereocenters. The summed E-state index contributed by atoms with van der Waals surface area (Å²) in [5.74, 6) is -0.159. The zero-order valence-corrected chi connectivity index (χ0v) is 12.6. The highest BCUT2D eigenvalue weighted by atomic mass is 32.1. The Balaban J connectivity index is 1.74. The molecule has 0 spiro atoms. The Morgan fingerprint density at radius 1 is 1.19 bits per heavy atom. The fourth-order valence-corrected chi connectivity index (χ4v) is 2.85. The number of benzene rings is 2. The van der Waals surface area contributed by atoms with E-state index >= 15 is 0 Å². The molecule has 3 rings (SSSR count). The number of carbonyl (C=O) groups is 1. The highest BCUT2D eigenvalue weighted by molar-refractivity contribution is 7.80. The Hall–Kier alpha value is -2.20. The van der Waals surface area contributed by atoms with Crippen LogP contribution in [0.4, 0.5) is 5.69 Å². The zero-order valence-electron chi connectivity index (χ0n) is 11.8. The maximum Gasteiger partial charge on any atom is 0.257 e. The topological polar surface area (TPSA) is 32.3 Å². The molecule has 0 aromatic heterocycles. The lowest BCUT2D eigenvalue weighted by atomic mass is 10.1. The lowest BCUT2D eigenvalue weighted by molar-refractivity contribution is 0.0977. The fraction of sp³-hybridized carbons (Fsp3) is 0.176. The van der Waals surface area contributed by atoms with Gasteiger partial charge in [-0.3, -0.25) is 10.1 Å². The molecule has 0 saturated heterocycles. The summed E-state index contributed by atoms with van der Waals surface area (Å²) in [6.45, 7) is 2.78. The summed E-state index contributed by atoms with van der Waals surface area (Å²) in [6.07, 6.45) is 0.955. The second-order valence-corrected chi connectivity index (χ2v) is 5.55. The van der Waals surface area contributed by atoms with Gasteiger partial charge >= 0.3 is 0 Å². The molecule has 1 aliphatic rings. The van der Waals surface area contributed by atoms with Crippen LogP contribution in [0.25, 0.3) is 0 Å². The van der Waals surface area contributed by atoms with E-state index in [9.17, 15) is 4.79 Å². The Labute approximate surface area is 129 Å². The van der Waals surface area contributed by atoms with Crippen molar-refractivity contribution in [3.63, 3.8) is 0 Å². The van der Waals surface area contributed by atoms with Gasteiger partial charge in [0.15, 0.2) is 5.11 Å². The second kappa shape index (κ2) is 5.66. The van der Waals surface area contributed by atoms with Crippen molar-refractivity contribution in [1.82, 2.24) is 5.32 Å². The minimum Gasteiger partial charge on any atom is -0.318 e. The molecule has 4 heteroatoms. The van der Waals surface area contributed by atoms with E-state index in [0.29, 0.717) is 10.7 Å². The maximum absolute atomic E-state index is 12.3. The first kappa shape index (κ1) is 13.8. The first-order chi connectivity index (χ1) is 10.1. The normalized spacial score (nSPS) is 12.9. The Morgan fingerprint density at radius 3 is 2.81 bits per heavy atom. The number of nitrogens with zero attached hydrogens (tertiary/aromatic N) is 1. The van der Waals surface area contributed by atoms with Crippen molar-refractivity contribution in [3.05, 3.63) is 65.2 Å². The summed E-state index contributed by atoms with van der Waals surface area (Å²) in [5, 5.41) is 3.29. The molecule has 21 heavy (non-hydrogen) atoms. The Bertz CT molecular complexity index is 711. The number of carbonyl (C=O) groups excluding carboxylic acids is 1. The van der Waals surface area contributed by atoms with E-state index in [1.165, 1.54) is 5.56 Å². The molecule has 0 aliphatic carbocycles. The summed E-state index contributed by atoms with van der Waals surface area (Å²) >= 11 is 5.39. The van der Waals surface area contributed by atoms with Crippen molar-refractivity contribution < 1.29 is 4.79 Å². The van der Waals surface area contributed by atoms with E-state index in [4.69, 9.17) is 12.2 Å². The zero-order chi connectivity index (χ0) is 14.8. The molecule has 2 aromatic carbocycles. The number of anilines is 1. The molecule has 0 fully saturated rings. The minimum atomic E-state index is -0.159. The van der Waals surface area contributed by atoms with Crippen LogP contribution in [-0.4, -0.2) is 17.6 Å². The third-order valence-corrected chi connectivity index (χ3v) is 3.96. The van der Waals surface area contributed by atoms with Gasteiger partial charge in [0.2, 0.25) is 0 Å². The van der Waals surface area contributed by atoms with Crippen molar-refractivity contribution in [3.8, 4) is 0 Å². The standard InChI is InChI=1S/C17H16N2OS/c1-12-5-4-7-14(11-12)16(20)18-17(21)19-10-9-13-6-2-3-8-15(13)19/h2-8,11H,9-10H2,1H3,(H,18,20,21). The van der Waals surface area contributed by atoms with Crippen LogP contribution in [0.15, 0.2) is 48.5 Å². The van der Waals surface area contributed by atoms with Crippen molar-refractivity contribution >= 4 is 28.9 Å². The molecule has 0 radical (unpaired) electrons. The molecular weight excluding hydrogens is 280 g/mol. The van der Waals surface area contributed by atoms with E-state index in [2.05, 4.69) is 11.4 Å². The number of nitrogens with one attached hydrogen (secondary N) is 1. The molecule has 0 bridgehead atoms. The van der Waals surface area contributed by atoms with Crippen molar-refractivity contribution in [2.24, 2.45) is 0 Å². The number of amides is 1. The van der Waals surface area contributed by atoms with E-state index in [1.54, 1.807) is 6.07 Å². The van der Waals surface area contributed by atoms with Crippen molar-refractivity contribution in [1.29, 1.82) is 0 Å². The van der Waals surface area contributed by atoms with Crippen LogP contribution in [0.5, 0.6) is 0 Å². The highest BCUT2D eigenvalue weighted by Gasteiger charge is 2.22. The van der Waals surface area contributed by atoms with Gasteiger partial charge in [-0.05, 0) is 49.3 Å². The summed E-state index contributed by atoms with van der Waals surface area (Å²) in [6, 6.07) is 15.6. The van der Waals surface area contributed by atoms with Gasteiger partial charge in [-0.25, -0.2) is 0 Å². The van der Waals surface area contributed by atoms with Gasteiger partial charge in [-0.2, -0.15) is 0 Å². The third-order valence-electron chi connectivity index (χ3n) is 3.63. The number of fused-ring (bicyclic) bond motifs is 1. The van der Waals surface area contributed by atoms with E-state index in [-0.39, 0.29) is 5.91 Å². The first-order valence-corrected chi connectivity index (χ1v) is 7.33. The largest absolute Gasteiger partial charge is 0.318 e. The fourth-order valence-electron chi connectivity index (χ4n) is 2.57. The first-order valence-electron chi connectivity index (χ1n) is 6.92. The van der Waals surface area contributed by atoms with Gasteiger partial charge in [0.05, 0.1) is 0 Å². The molecule has 1 aliphatic heterocycles. The van der Waals surface area contributed by atoms with Gasteiger partial charge in [0.1, 0.15) is 0 Å². The Kier molecular flexibility index (Phi) is 3.71.